The highest BCUT2D eigenvalue weighted by atomic mass is 31.0. The lowest BCUT2D eigenvalue weighted by Crippen LogP contribution is -1.90. The zero-order valence-electron chi connectivity index (χ0n) is 12.1. The summed E-state index contributed by atoms with van der Waals surface area (Å²) in [6.45, 7) is 0. The third-order valence-electron chi connectivity index (χ3n) is 3.48. The molecule has 0 aliphatic rings. The van der Waals surface area contributed by atoms with Gasteiger partial charge < -0.3 is 0 Å². The summed E-state index contributed by atoms with van der Waals surface area (Å²) in [5.41, 5.74) is 4.95. The van der Waals surface area contributed by atoms with Crippen LogP contribution in [0.1, 0.15) is 16.7 Å². The van der Waals surface area contributed by atoms with Crippen molar-refractivity contribution >= 4 is 20.1 Å². The standard InChI is InChI=1S/C20H17P.FH/c21-20(18-14-8-3-9-15-18)19(16-10-4-1-5-11-16)17-12-6-2-7-13-17;/h1-15H,21H2;1H. The molecule has 0 aliphatic carbocycles. The van der Waals surface area contributed by atoms with Crippen LogP contribution in [0.3, 0.4) is 0 Å². The van der Waals surface area contributed by atoms with Crippen LogP contribution in [0.2, 0.25) is 0 Å². The van der Waals surface area contributed by atoms with Gasteiger partial charge in [-0.25, -0.2) is 0 Å². The van der Waals surface area contributed by atoms with Crippen molar-refractivity contribution in [2.45, 2.75) is 0 Å². The van der Waals surface area contributed by atoms with Crippen molar-refractivity contribution in [3.63, 3.8) is 0 Å². The summed E-state index contributed by atoms with van der Waals surface area (Å²) < 4.78 is 0. The molecule has 0 heterocycles. The van der Waals surface area contributed by atoms with Gasteiger partial charge in [-0.3, -0.25) is 4.70 Å². The van der Waals surface area contributed by atoms with Gasteiger partial charge >= 0.3 is 0 Å². The SMILES string of the molecule is F.PC(=C(c1ccccc1)c1ccccc1)c1ccccc1. The van der Waals surface area contributed by atoms with Crippen LogP contribution in [-0.4, -0.2) is 0 Å². The van der Waals surface area contributed by atoms with Gasteiger partial charge in [0.2, 0.25) is 0 Å². The molecule has 3 aromatic rings. The van der Waals surface area contributed by atoms with E-state index >= 15 is 0 Å². The molecule has 3 aromatic carbocycles. The van der Waals surface area contributed by atoms with E-state index < -0.39 is 0 Å². The molecule has 0 bridgehead atoms. The lowest BCUT2D eigenvalue weighted by atomic mass is 9.95. The minimum atomic E-state index is 0. The molecule has 1 atom stereocenters. The molecule has 110 valence electrons. The summed E-state index contributed by atoms with van der Waals surface area (Å²) in [6, 6.07) is 31.6. The van der Waals surface area contributed by atoms with Crippen molar-refractivity contribution in [1.29, 1.82) is 0 Å². The van der Waals surface area contributed by atoms with Crippen LogP contribution < -0.4 is 0 Å². The molecule has 0 spiro atoms. The van der Waals surface area contributed by atoms with Gasteiger partial charge in [-0.2, -0.15) is 0 Å². The second-order valence-electron chi connectivity index (χ2n) is 4.89. The number of benzene rings is 3. The first-order valence-electron chi connectivity index (χ1n) is 7.02. The van der Waals surface area contributed by atoms with E-state index in [4.69, 9.17) is 0 Å². The van der Waals surface area contributed by atoms with Crippen molar-refractivity contribution in [3.8, 4) is 0 Å². The molecule has 2 heteroatoms. The van der Waals surface area contributed by atoms with E-state index in [0.717, 1.165) is 0 Å². The molecule has 0 fully saturated rings. The summed E-state index contributed by atoms with van der Waals surface area (Å²) in [4.78, 5) is 0. The molecule has 0 saturated heterocycles. The highest BCUT2D eigenvalue weighted by molar-refractivity contribution is 7.32. The average Bonchev–Trinajstić information content (AvgIpc) is 2.58. The zero-order valence-corrected chi connectivity index (χ0v) is 13.3. The summed E-state index contributed by atoms with van der Waals surface area (Å²) in [5.74, 6) is 0. The van der Waals surface area contributed by atoms with Gasteiger partial charge in [0.05, 0.1) is 0 Å². The van der Waals surface area contributed by atoms with Crippen LogP contribution in [0.4, 0.5) is 4.70 Å². The van der Waals surface area contributed by atoms with E-state index in [-0.39, 0.29) is 4.70 Å². The summed E-state index contributed by atoms with van der Waals surface area (Å²) in [7, 11) is 2.91. The Kier molecular flexibility index (Phi) is 5.63. The van der Waals surface area contributed by atoms with E-state index in [1.165, 1.54) is 27.6 Å². The minimum Gasteiger partial charge on any atom is -0.269 e. The minimum absolute atomic E-state index is 0. The van der Waals surface area contributed by atoms with Crippen LogP contribution in [0.15, 0.2) is 91.0 Å². The monoisotopic (exact) mass is 308 g/mol. The average molecular weight is 308 g/mol. The quantitative estimate of drug-likeness (QED) is 0.434. The Morgan fingerprint density at radius 1 is 0.500 bits per heavy atom. The van der Waals surface area contributed by atoms with Crippen molar-refractivity contribution in [3.05, 3.63) is 108 Å². The van der Waals surface area contributed by atoms with E-state index in [1.54, 1.807) is 0 Å². The summed E-state index contributed by atoms with van der Waals surface area (Å²) >= 11 is 0. The van der Waals surface area contributed by atoms with Crippen LogP contribution in [-0.2, 0) is 0 Å². The van der Waals surface area contributed by atoms with Crippen LogP contribution in [0, 0.1) is 0 Å². The topological polar surface area (TPSA) is 0 Å². The predicted molar refractivity (Wildman–Crippen MR) is 97.5 cm³/mol. The van der Waals surface area contributed by atoms with Gasteiger partial charge in [-0.05, 0) is 27.6 Å². The normalized spacial score (nSPS) is 9.68. The smallest absolute Gasteiger partial charge is 0.00337 e. The van der Waals surface area contributed by atoms with E-state index in [0.29, 0.717) is 0 Å². The lowest BCUT2D eigenvalue weighted by Gasteiger charge is -2.13. The van der Waals surface area contributed by atoms with E-state index in [1.807, 2.05) is 6.07 Å². The molecule has 0 nitrogen and oxygen atoms in total. The largest absolute Gasteiger partial charge is 0.269 e. The molecule has 0 aromatic heterocycles. The first-order valence-corrected chi connectivity index (χ1v) is 7.60. The van der Waals surface area contributed by atoms with Gasteiger partial charge in [0.25, 0.3) is 0 Å². The Labute approximate surface area is 133 Å². The number of halogens is 1. The molecule has 0 radical (unpaired) electrons. The molecule has 0 amide bonds. The Hall–Kier alpha value is -2.24. The van der Waals surface area contributed by atoms with Crippen molar-refractivity contribution < 1.29 is 4.70 Å². The fourth-order valence-corrected chi connectivity index (χ4v) is 2.98. The fraction of sp³-hybridized carbons (Fsp3) is 0. The molecule has 0 saturated carbocycles. The van der Waals surface area contributed by atoms with Crippen molar-refractivity contribution in [1.82, 2.24) is 0 Å². The Balaban J connectivity index is 0.00000176. The third kappa shape index (κ3) is 3.50. The second kappa shape index (κ2) is 7.68. The lowest BCUT2D eigenvalue weighted by molar-refractivity contribution is 1.11. The van der Waals surface area contributed by atoms with Crippen LogP contribution in [0.5, 0.6) is 0 Å². The second-order valence-corrected chi connectivity index (χ2v) is 5.46. The summed E-state index contributed by atoms with van der Waals surface area (Å²) in [5, 5.41) is 1.22. The first kappa shape index (κ1) is 16.1. The molecule has 3 rings (SSSR count). The van der Waals surface area contributed by atoms with Crippen LogP contribution in [0.25, 0.3) is 10.9 Å². The van der Waals surface area contributed by atoms with E-state index in [2.05, 4.69) is 94.2 Å². The Morgan fingerprint density at radius 3 is 1.18 bits per heavy atom. The van der Waals surface area contributed by atoms with Crippen LogP contribution >= 0.6 is 9.24 Å². The highest BCUT2D eigenvalue weighted by Gasteiger charge is 2.09. The van der Waals surface area contributed by atoms with Crippen molar-refractivity contribution in [2.75, 3.05) is 0 Å². The van der Waals surface area contributed by atoms with Gasteiger partial charge in [-0.1, -0.05) is 91.0 Å². The maximum atomic E-state index is 2.91. The predicted octanol–water partition coefficient (Wildman–Crippen LogP) is 5.63. The maximum Gasteiger partial charge on any atom is -0.00337 e. The third-order valence-corrected chi connectivity index (χ3v) is 4.10. The number of hydrogen-bond donors (Lipinski definition) is 0. The molecular weight excluding hydrogens is 290 g/mol. The van der Waals surface area contributed by atoms with E-state index in [9.17, 15) is 0 Å². The Bertz CT molecular complexity index is 693. The molecule has 22 heavy (non-hydrogen) atoms. The molecular formula is C20H18FP. The molecule has 0 aliphatic heterocycles. The zero-order chi connectivity index (χ0) is 14.5. The first-order chi connectivity index (χ1) is 10.4. The summed E-state index contributed by atoms with van der Waals surface area (Å²) in [6.07, 6.45) is 0. The number of hydrogen-bond acceptors (Lipinski definition) is 0. The van der Waals surface area contributed by atoms with Gasteiger partial charge in [0.1, 0.15) is 0 Å². The van der Waals surface area contributed by atoms with Gasteiger partial charge in [-0.15, -0.1) is 9.24 Å². The highest BCUT2D eigenvalue weighted by Crippen LogP contribution is 2.35. The number of rotatable bonds is 3. The maximum absolute atomic E-state index is 2.91. The fourth-order valence-electron chi connectivity index (χ4n) is 2.45. The van der Waals surface area contributed by atoms with Gasteiger partial charge in [0, 0.05) is 0 Å². The van der Waals surface area contributed by atoms with Crippen molar-refractivity contribution in [2.24, 2.45) is 0 Å². The molecule has 0 N–H and O–H groups in total. The molecule has 1 unspecified atom stereocenters. The Morgan fingerprint density at radius 2 is 0.818 bits per heavy atom. The van der Waals surface area contributed by atoms with Gasteiger partial charge in [0.15, 0.2) is 0 Å².